The van der Waals surface area contributed by atoms with Crippen LogP contribution in [0.1, 0.15) is 16.2 Å². The molecule has 0 unspecified atom stereocenters. The number of nitrogens with one attached hydrogen (secondary N) is 1. The molecule has 0 radical (unpaired) electrons. The molecule has 0 fully saturated rings. The zero-order chi connectivity index (χ0) is 16.9. The Morgan fingerprint density at radius 3 is 2.96 bits per heavy atom. The summed E-state index contributed by atoms with van der Waals surface area (Å²) in [5.41, 5.74) is 1.29. The van der Waals surface area contributed by atoms with Gasteiger partial charge >= 0.3 is 0 Å². The van der Waals surface area contributed by atoms with Crippen molar-refractivity contribution in [1.29, 1.82) is 0 Å². The van der Waals surface area contributed by atoms with Gasteiger partial charge < -0.3 is 14.7 Å². The van der Waals surface area contributed by atoms with Crippen molar-refractivity contribution in [3.05, 3.63) is 54.3 Å². The second kappa shape index (κ2) is 6.86. The summed E-state index contributed by atoms with van der Waals surface area (Å²) in [5.74, 6) is 1.27. The van der Waals surface area contributed by atoms with Crippen molar-refractivity contribution in [3.8, 4) is 11.4 Å². The first-order valence-electron chi connectivity index (χ1n) is 7.29. The zero-order valence-electron chi connectivity index (χ0n) is 13.3. The minimum Gasteiger partial charge on any atom is -0.373 e. The lowest BCUT2D eigenvalue weighted by molar-refractivity contribution is 0.0769. The fourth-order valence-corrected chi connectivity index (χ4v) is 2.13. The van der Waals surface area contributed by atoms with Crippen LogP contribution in [0.4, 0.5) is 5.82 Å². The lowest BCUT2D eigenvalue weighted by Gasteiger charge is -2.15. The van der Waals surface area contributed by atoms with Crippen LogP contribution in [0.5, 0.6) is 0 Å². The average Bonchev–Trinajstić information content (AvgIpc) is 3.10. The highest BCUT2D eigenvalue weighted by atomic mass is 16.5. The summed E-state index contributed by atoms with van der Waals surface area (Å²) in [7, 11) is 3.43. The Kier molecular flexibility index (Phi) is 4.46. The van der Waals surface area contributed by atoms with Gasteiger partial charge in [0.2, 0.25) is 11.7 Å². The van der Waals surface area contributed by atoms with Gasteiger partial charge in [0.15, 0.2) is 0 Å². The molecule has 3 heterocycles. The second-order valence-electron chi connectivity index (χ2n) is 5.09. The summed E-state index contributed by atoms with van der Waals surface area (Å²) in [6.07, 6.45) is 4.91. The summed E-state index contributed by atoms with van der Waals surface area (Å²) in [4.78, 5) is 26.4. The molecule has 1 N–H and O–H groups in total. The van der Waals surface area contributed by atoms with E-state index in [4.69, 9.17) is 4.52 Å². The van der Waals surface area contributed by atoms with Gasteiger partial charge in [-0.15, -0.1) is 0 Å². The first kappa shape index (κ1) is 15.6. The van der Waals surface area contributed by atoms with Gasteiger partial charge in [0, 0.05) is 43.8 Å². The van der Waals surface area contributed by atoms with E-state index in [1.807, 2.05) is 6.07 Å². The van der Waals surface area contributed by atoms with E-state index in [9.17, 15) is 4.79 Å². The Morgan fingerprint density at radius 2 is 2.21 bits per heavy atom. The fourth-order valence-electron chi connectivity index (χ4n) is 2.13. The van der Waals surface area contributed by atoms with E-state index in [-0.39, 0.29) is 12.5 Å². The van der Waals surface area contributed by atoms with Gasteiger partial charge in [-0.1, -0.05) is 5.16 Å². The van der Waals surface area contributed by atoms with Crippen LogP contribution in [-0.4, -0.2) is 45.0 Å². The van der Waals surface area contributed by atoms with Crippen LogP contribution < -0.4 is 5.32 Å². The molecular weight excluding hydrogens is 308 g/mol. The quantitative estimate of drug-likeness (QED) is 0.764. The number of carbonyl (C=O) groups is 1. The molecule has 122 valence electrons. The van der Waals surface area contributed by atoms with Crippen LogP contribution in [0, 0.1) is 0 Å². The lowest BCUT2D eigenvalue weighted by atomic mass is 10.2. The third-order valence-electron chi connectivity index (χ3n) is 3.37. The molecule has 3 aromatic heterocycles. The van der Waals surface area contributed by atoms with E-state index in [1.54, 1.807) is 50.9 Å². The first-order valence-corrected chi connectivity index (χ1v) is 7.29. The average molecular weight is 324 g/mol. The Labute approximate surface area is 138 Å². The highest BCUT2D eigenvalue weighted by molar-refractivity contribution is 5.94. The smallest absolute Gasteiger partial charge is 0.254 e. The van der Waals surface area contributed by atoms with Gasteiger partial charge in [-0.25, -0.2) is 4.98 Å². The summed E-state index contributed by atoms with van der Waals surface area (Å²) in [5, 5.41) is 6.82. The van der Waals surface area contributed by atoms with Gasteiger partial charge in [-0.2, -0.15) is 4.98 Å². The number of pyridine rings is 2. The number of amides is 1. The van der Waals surface area contributed by atoms with Crippen LogP contribution >= 0.6 is 0 Å². The summed E-state index contributed by atoms with van der Waals surface area (Å²) in [6, 6.07) is 6.98. The van der Waals surface area contributed by atoms with Crippen LogP contribution in [0.2, 0.25) is 0 Å². The molecule has 0 spiro atoms. The van der Waals surface area contributed by atoms with E-state index in [0.717, 1.165) is 5.56 Å². The molecule has 24 heavy (non-hydrogen) atoms. The maximum absolute atomic E-state index is 12.5. The molecule has 8 heteroatoms. The van der Waals surface area contributed by atoms with Gasteiger partial charge in [-0.3, -0.25) is 9.78 Å². The number of aromatic nitrogens is 4. The molecule has 0 aromatic carbocycles. The molecule has 0 saturated heterocycles. The molecule has 0 saturated carbocycles. The molecule has 0 aliphatic rings. The lowest BCUT2D eigenvalue weighted by Crippen LogP contribution is -2.26. The molecule has 0 aliphatic heterocycles. The molecule has 0 aliphatic carbocycles. The highest BCUT2D eigenvalue weighted by Crippen LogP contribution is 2.15. The van der Waals surface area contributed by atoms with Crippen molar-refractivity contribution in [2.75, 3.05) is 19.4 Å². The Bertz CT molecular complexity index is 833. The highest BCUT2D eigenvalue weighted by Gasteiger charge is 2.16. The number of nitrogens with zero attached hydrogens (tertiary/aromatic N) is 5. The molecule has 3 rings (SSSR count). The van der Waals surface area contributed by atoms with Crippen LogP contribution in [0.15, 0.2) is 47.4 Å². The van der Waals surface area contributed by atoms with Crippen LogP contribution in [0.3, 0.4) is 0 Å². The van der Waals surface area contributed by atoms with Gasteiger partial charge in [0.25, 0.3) is 5.91 Å². The molecule has 0 atom stereocenters. The topological polar surface area (TPSA) is 97.0 Å². The normalized spacial score (nSPS) is 10.4. The van der Waals surface area contributed by atoms with Crippen molar-refractivity contribution in [1.82, 2.24) is 25.0 Å². The monoisotopic (exact) mass is 324 g/mol. The standard InChI is InChI=1S/C16H16N6O2/c1-17-13-8-11(5-7-19-13)16(23)22(2)10-14-20-15(21-24-14)12-4-3-6-18-9-12/h3-9H,10H2,1-2H3,(H,17,19). The Balaban J connectivity index is 1.71. The molecule has 1 amide bonds. The van der Waals surface area contributed by atoms with Crippen molar-refractivity contribution in [3.63, 3.8) is 0 Å². The number of hydrogen-bond acceptors (Lipinski definition) is 7. The van der Waals surface area contributed by atoms with Crippen molar-refractivity contribution in [2.24, 2.45) is 0 Å². The Morgan fingerprint density at radius 1 is 1.33 bits per heavy atom. The molecule has 0 bridgehead atoms. The number of hydrogen-bond donors (Lipinski definition) is 1. The van der Waals surface area contributed by atoms with Crippen molar-refractivity contribution >= 4 is 11.7 Å². The van der Waals surface area contributed by atoms with Crippen molar-refractivity contribution < 1.29 is 9.32 Å². The van der Waals surface area contributed by atoms with E-state index in [2.05, 4.69) is 25.4 Å². The number of carbonyl (C=O) groups excluding carboxylic acids is 1. The second-order valence-corrected chi connectivity index (χ2v) is 5.09. The SMILES string of the molecule is CNc1cc(C(=O)N(C)Cc2nc(-c3cccnc3)no2)ccn1. The minimum atomic E-state index is -0.157. The minimum absolute atomic E-state index is 0.157. The number of anilines is 1. The van der Waals surface area contributed by atoms with E-state index < -0.39 is 0 Å². The Hall–Kier alpha value is -3.29. The maximum Gasteiger partial charge on any atom is 0.254 e. The van der Waals surface area contributed by atoms with Gasteiger partial charge in [-0.05, 0) is 24.3 Å². The maximum atomic E-state index is 12.5. The largest absolute Gasteiger partial charge is 0.373 e. The summed E-state index contributed by atoms with van der Waals surface area (Å²) < 4.78 is 5.21. The van der Waals surface area contributed by atoms with Crippen LogP contribution in [-0.2, 0) is 6.54 Å². The molecule has 3 aromatic rings. The van der Waals surface area contributed by atoms with Crippen molar-refractivity contribution in [2.45, 2.75) is 6.54 Å². The third kappa shape index (κ3) is 3.37. The predicted octanol–water partition coefficient (Wildman–Crippen LogP) is 1.84. The van der Waals surface area contributed by atoms with Gasteiger partial charge in [0.1, 0.15) is 5.82 Å². The number of rotatable bonds is 5. The molecular formula is C16H16N6O2. The van der Waals surface area contributed by atoms with E-state index >= 15 is 0 Å². The van der Waals surface area contributed by atoms with E-state index in [1.165, 1.54) is 4.90 Å². The predicted molar refractivity (Wildman–Crippen MR) is 87.1 cm³/mol. The third-order valence-corrected chi connectivity index (χ3v) is 3.37. The summed E-state index contributed by atoms with van der Waals surface area (Å²) in [6.45, 7) is 0.212. The first-order chi connectivity index (χ1) is 11.7. The molecule has 8 nitrogen and oxygen atoms in total. The fraction of sp³-hybridized carbons (Fsp3) is 0.188. The zero-order valence-corrected chi connectivity index (χ0v) is 13.3. The van der Waals surface area contributed by atoms with Crippen LogP contribution in [0.25, 0.3) is 11.4 Å². The van der Waals surface area contributed by atoms with E-state index in [0.29, 0.717) is 23.1 Å². The van der Waals surface area contributed by atoms with Gasteiger partial charge in [0.05, 0.1) is 6.54 Å². The summed E-state index contributed by atoms with van der Waals surface area (Å²) >= 11 is 0.